The largest absolute Gasteiger partial charge is 0.491 e. The van der Waals surface area contributed by atoms with Gasteiger partial charge in [0, 0.05) is 6.61 Å². The summed E-state index contributed by atoms with van der Waals surface area (Å²) < 4.78 is 11.5. The minimum Gasteiger partial charge on any atom is -0.491 e. The Morgan fingerprint density at radius 2 is 1.55 bits per heavy atom. The van der Waals surface area contributed by atoms with Gasteiger partial charge in [-0.05, 0) is 37.5 Å². The number of benzene rings is 2. The van der Waals surface area contributed by atoms with E-state index in [4.69, 9.17) is 9.47 Å². The summed E-state index contributed by atoms with van der Waals surface area (Å²) in [5.41, 5.74) is 1.22. The lowest BCUT2D eigenvalue weighted by molar-refractivity contribution is 0.106. The van der Waals surface area contributed by atoms with Gasteiger partial charge < -0.3 is 9.47 Å². The monoisotopic (exact) mass is 270 g/mol. The van der Waals surface area contributed by atoms with Crippen molar-refractivity contribution in [2.45, 2.75) is 32.5 Å². The van der Waals surface area contributed by atoms with Crippen molar-refractivity contribution in [3.63, 3.8) is 0 Å². The molecule has 0 radical (unpaired) electrons. The van der Waals surface area contributed by atoms with Crippen LogP contribution in [0.3, 0.4) is 0 Å². The Labute approximate surface area is 121 Å². The molecule has 2 rings (SSSR count). The van der Waals surface area contributed by atoms with E-state index in [1.54, 1.807) is 0 Å². The van der Waals surface area contributed by atoms with E-state index in [9.17, 15) is 0 Å². The molecule has 2 nitrogen and oxygen atoms in total. The molecule has 0 saturated heterocycles. The van der Waals surface area contributed by atoms with Crippen molar-refractivity contribution in [1.82, 2.24) is 0 Å². The Morgan fingerprint density at radius 3 is 2.25 bits per heavy atom. The topological polar surface area (TPSA) is 18.5 Å². The minimum absolute atomic E-state index is 0.220. The van der Waals surface area contributed by atoms with Crippen molar-refractivity contribution < 1.29 is 9.47 Å². The summed E-state index contributed by atoms with van der Waals surface area (Å²) in [5.74, 6) is 0.935. The highest BCUT2D eigenvalue weighted by Crippen LogP contribution is 2.13. The molecule has 1 unspecified atom stereocenters. The summed E-state index contributed by atoms with van der Waals surface area (Å²) in [6.45, 7) is 3.57. The zero-order valence-corrected chi connectivity index (χ0v) is 12.0. The van der Waals surface area contributed by atoms with Crippen LogP contribution in [0, 0.1) is 0 Å². The molecule has 0 aliphatic heterocycles. The number of hydrogen-bond donors (Lipinski definition) is 0. The molecule has 2 aromatic rings. The molecule has 20 heavy (non-hydrogen) atoms. The van der Waals surface area contributed by atoms with Crippen LogP contribution in [-0.2, 0) is 11.3 Å². The fourth-order valence-electron chi connectivity index (χ4n) is 2.03. The van der Waals surface area contributed by atoms with E-state index in [0.717, 1.165) is 25.2 Å². The van der Waals surface area contributed by atoms with Gasteiger partial charge in [0.2, 0.25) is 0 Å². The number of hydrogen-bond acceptors (Lipinski definition) is 2. The van der Waals surface area contributed by atoms with Crippen molar-refractivity contribution >= 4 is 0 Å². The van der Waals surface area contributed by atoms with Gasteiger partial charge in [-0.1, -0.05) is 48.5 Å². The molecule has 106 valence electrons. The molecular weight excluding hydrogens is 248 g/mol. The van der Waals surface area contributed by atoms with Crippen LogP contribution in [-0.4, -0.2) is 12.7 Å². The Morgan fingerprint density at radius 1 is 0.900 bits per heavy atom. The quantitative estimate of drug-likeness (QED) is 0.660. The van der Waals surface area contributed by atoms with Crippen molar-refractivity contribution in [2.24, 2.45) is 0 Å². The molecule has 0 bridgehead atoms. The van der Waals surface area contributed by atoms with E-state index in [1.165, 1.54) is 5.56 Å². The molecule has 0 heterocycles. The number of para-hydroxylation sites is 1. The van der Waals surface area contributed by atoms with E-state index < -0.39 is 0 Å². The molecule has 0 aliphatic carbocycles. The molecular formula is C18H22O2. The predicted octanol–water partition coefficient (Wildman–Crippen LogP) is 4.45. The standard InChI is InChI=1S/C18H22O2/c1-16(20-18-12-6-3-7-13-18)9-8-14-19-15-17-10-4-2-5-11-17/h2-7,10-13,16H,8-9,14-15H2,1H3. The molecule has 2 aromatic carbocycles. The SMILES string of the molecule is CC(CCCOCc1ccccc1)Oc1ccccc1. The summed E-state index contributed by atoms with van der Waals surface area (Å²) in [6, 6.07) is 20.2. The van der Waals surface area contributed by atoms with Gasteiger partial charge in [0.15, 0.2) is 0 Å². The highest BCUT2D eigenvalue weighted by atomic mass is 16.5. The van der Waals surface area contributed by atoms with Gasteiger partial charge in [-0.2, -0.15) is 0 Å². The van der Waals surface area contributed by atoms with Crippen LogP contribution in [0.15, 0.2) is 60.7 Å². The third-order valence-electron chi connectivity index (χ3n) is 3.09. The summed E-state index contributed by atoms with van der Waals surface area (Å²) in [7, 11) is 0. The molecule has 0 spiro atoms. The number of ether oxygens (including phenoxy) is 2. The zero-order chi connectivity index (χ0) is 14.0. The van der Waals surface area contributed by atoms with Crippen molar-refractivity contribution in [3.05, 3.63) is 66.2 Å². The maximum atomic E-state index is 5.82. The summed E-state index contributed by atoms with van der Waals surface area (Å²) >= 11 is 0. The van der Waals surface area contributed by atoms with Crippen molar-refractivity contribution in [3.8, 4) is 5.75 Å². The molecule has 0 fully saturated rings. The molecule has 0 N–H and O–H groups in total. The van der Waals surface area contributed by atoms with Gasteiger partial charge in [0.05, 0.1) is 12.7 Å². The molecule has 0 saturated carbocycles. The lowest BCUT2D eigenvalue weighted by atomic mass is 10.2. The van der Waals surface area contributed by atoms with E-state index in [2.05, 4.69) is 19.1 Å². The average Bonchev–Trinajstić information content (AvgIpc) is 2.49. The fourth-order valence-corrected chi connectivity index (χ4v) is 2.03. The third-order valence-corrected chi connectivity index (χ3v) is 3.09. The van der Waals surface area contributed by atoms with Gasteiger partial charge in [0.1, 0.15) is 5.75 Å². The van der Waals surface area contributed by atoms with Crippen LogP contribution in [0.1, 0.15) is 25.3 Å². The summed E-state index contributed by atoms with van der Waals surface area (Å²) in [4.78, 5) is 0. The summed E-state index contributed by atoms with van der Waals surface area (Å²) in [6.07, 6.45) is 2.24. The third kappa shape index (κ3) is 5.45. The first-order valence-corrected chi connectivity index (χ1v) is 7.18. The predicted molar refractivity (Wildman–Crippen MR) is 81.9 cm³/mol. The van der Waals surface area contributed by atoms with Crippen LogP contribution in [0.2, 0.25) is 0 Å². The maximum Gasteiger partial charge on any atom is 0.119 e. The Bertz CT molecular complexity index is 467. The van der Waals surface area contributed by atoms with Crippen molar-refractivity contribution in [1.29, 1.82) is 0 Å². The fraction of sp³-hybridized carbons (Fsp3) is 0.333. The van der Waals surface area contributed by atoms with Crippen LogP contribution >= 0.6 is 0 Å². The summed E-state index contributed by atoms with van der Waals surface area (Å²) in [5, 5.41) is 0. The normalized spacial score (nSPS) is 12.1. The Kier molecular flexibility index (Phi) is 6.12. The van der Waals surface area contributed by atoms with E-state index in [0.29, 0.717) is 6.61 Å². The second-order valence-electron chi connectivity index (χ2n) is 4.92. The number of rotatable bonds is 8. The zero-order valence-electron chi connectivity index (χ0n) is 12.0. The first-order valence-electron chi connectivity index (χ1n) is 7.18. The van der Waals surface area contributed by atoms with Gasteiger partial charge in [-0.15, -0.1) is 0 Å². The maximum absolute atomic E-state index is 5.82. The smallest absolute Gasteiger partial charge is 0.119 e. The Hall–Kier alpha value is -1.80. The molecule has 0 aromatic heterocycles. The lowest BCUT2D eigenvalue weighted by Crippen LogP contribution is -2.12. The van der Waals surface area contributed by atoms with Crippen LogP contribution in [0.5, 0.6) is 5.75 Å². The molecule has 2 heteroatoms. The van der Waals surface area contributed by atoms with E-state index in [-0.39, 0.29) is 6.10 Å². The van der Waals surface area contributed by atoms with Crippen LogP contribution in [0.4, 0.5) is 0 Å². The van der Waals surface area contributed by atoms with E-state index in [1.807, 2.05) is 48.5 Å². The molecule has 0 aliphatic rings. The van der Waals surface area contributed by atoms with Gasteiger partial charge >= 0.3 is 0 Å². The highest BCUT2D eigenvalue weighted by Gasteiger charge is 2.03. The Balaban J connectivity index is 1.57. The molecule has 1 atom stereocenters. The second kappa shape index (κ2) is 8.39. The first kappa shape index (κ1) is 14.6. The highest BCUT2D eigenvalue weighted by molar-refractivity contribution is 5.21. The van der Waals surface area contributed by atoms with E-state index >= 15 is 0 Å². The van der Waals surface area contributed by atoms with Crippen LogP contribution < -0.4 is 4.74 Å². The first-order chi connectivity index (χ1) is 9.84. The van der Waals surface area contributed by atoms with Gasteiger partial charge in [-0.25, -0.2) is 0 Å². The average molecular weight is 270 g/mol. The van der Waals surface area contributed by atoms with Crippen LogP contribution in [0.25, 0.3) is 0 Å². The van der Waals surface area contributed by atoms with Gasteiger partial charge in [0.25, 0.3) is 0 Å². The lowest BCUT2D eigenvalue weighted by Gasteiger charge is -2.14. The molecule has 0 amide bonds. The van der Waals surface area contributed by atoms with Crippen molar-refractivity contribution in [2.75, 3.05) is 6.61 Å². The van der Waals surface area contributed by atoms with Gasteiger partial charge in [-0.3, -0.25) is 0 Å². The second-order valence-corrected chi connectivity index (χ2v) is 4.92. The minimum atomic E-state index is 0.220.